The maximum absolute atomic E-state index is 5.84. The molecule has 2 N–H and O–H groups in total. The molecule has 0 spiro atoms. The van der Waals surface area contributed by atoms with E-state index in [1.807, 2.05) is 38.4 Å². The third-order valence-electron chi connectivity index (χ3n) is 2.74. The Bertz CT molecular complexity index is 551. The molecule has 2 aromatic rings. The zero-order chi connectivity index (χ0) is 13.8. The van der Waals surface area contributed by atoms with Gasteiger partial charge in [0, 0.05) is 13.1 Å². The van der Waals surface area contributed by atoms with Crippen molar-refractivity contribution in [2.24, 2.45) is 12.8 Å². The van der Waals surface area contributed by atoms with Crippen molar-refractivity contribution in [2.45, 2.75) is 19.6 Å². The average Bonchev–Trinajstić information content (AvgIpc) is 2.81. The van der Waals surface area contributed by atoms with Gasteiger partial charge in [-0.25, -0.2) is 0 Å². The molecule has 0 bridgehead atoms. The minimum Gasteiger partial charge on any atom is -0.493 e. The van der Waals surface area contributed by atoms with E-state index in [9.17, 15) is 0 Å². The van der Waals surface area contributed by atoms with Crippen molar-refractivity contribution in [3.05, 3.63) is 35.7 Å². The summed E-state index contributed by atoms with van der Waals surface area (Å²) in [6, 6.07) is 5.63. The Morgan fingerprint density at radius 2 is 2.16 bits per heavy atom. The summed E-state index contributed by atoms with van der Waals surface area (Å²) in [7, 11) is 3.42. The maximum Gasteiger partial charge on any atom is 0.161 e. The van der Waals surface area contributed by atoms with Gasteiger partial charge in [-0.05, 0) is 24.6 Å². The Labute approximate surface area is 112 Å². The average molecular weight is 262 g/mol. The zero-order valence-electron chi connectivity index (χ0n) is 11.3. The molecule has 19 heavy (non-hydrogen) atoms. The fraction of sp³-hybridized carbons (Fsp3) is 0.385. The van der Waals surface area contributed by atoms with Gasteiger partial charge in [0.15, 0.2) is 11.5 Å². The molecule has 1 aromatic heterocycles. The van der Waals surface area contributed by atoms with E-state index in [1.54, 1.807) is 11.8 Å². The van der Waals surface area contributed by atoms with Gasteiger partial charge in [-0.3, -0.25) is 4.68 Å². The van der Waals surface area contributed by atoms with Crippen LogP contribution in [0.2, 0.25) is 0 Å². The molecule has 102 valence electrons. The second-order valence-corrected chi connectivity index (χ2v) is 4.37. The highest BCUT2D eigenvalue weighted by molar-refractivity contribution is 5.43. The summed E-state index contributed by atoms with van der Waals surface area (Å²) in [6.07, 6.45) is 1.81. The largest absolute Gasteiger partial charge is 0.493 e. The summed E-state index contributed by atoms with van der Waals surface area (Å²) in [5.41, 5.74) is 7.61. The van der Waals surface area contributed by atoms with E-state index >= 15 is 0 Å². The molecule has 0 aliphatic rings. The highest BCUT2D eigenvalue weighted by Gasteiger charge is 2.09. The molecule has 6 heteroatoms. The zero-order valence-corrected chi connectivity index (χ0v) is 11.3. The van der Waals surface area contributed by atoms with Crippen LogP contribution in [0.1, 0.15) is 24.2 Å². The van der Waals surface area contributed by atoms with Crippen LogP contribution < -0.4 is 15.2 Å². The van der Waals surface area contributed by atoms with Crippen molar-refractivity contribution < 1.29 is 9.47 Å². The summed E-state index contributed by atoms with van der Waals surface area (Å²) < 4.78 is 12.6. The van der Waals surface area contributed by atoms with E-state index in [2.05, 4.69) is 10.3 Å². The number of aromatic nitrogens is 3. The van der Waals surface area contributed by atoms with Crippen molar-refractivity contribution in [3.63, 3.8) is 0 Å². The summed E-state index contributed by atoms with van der Waals surface area (Å²) >= 11 is 0. The molecule has 0 saturated carbocycles. The molecule has 2 rings (SSSR count). The van der Waals surface area contributed by atoms with E-state index in [0.29, 0.717) is 18.1 Å². The fourth-order valence-corrected chi connectivity index (χ4v) is 1.70. The lowest BCUT2D eigenvalue weighted by molar-refractivity contribution is 0.280. The Morgan fingerprint density at radius 3 is 2.74 bits per heavy atom. The fourth-order valence-electron chi connectivity index (χ4n) is 1.70. The van der Waals surface area contributed by atoms with Crippen LogP contribution in [0.5, 0.6) is 11.5 Å². The second-order valence-electron chi connectivity index (χ2n) is 4.37. The molecular formula is C13H18N4O2. The highest BCUT2D eigenvalue weighted by atomic mass is 16.5. The smallest absolute Gasteiger partial charge is 0.161 e. The Kier molecular flexibility index (Phi) is 4.01. The van der Waals surface area contributed by atoms with Gasteiger partial charge in [0.25, 0.3) is 0 Å². The van der Waals surface area contributed by atoms with E-state index in [4.69, 9.17) is 15.2 Å². The summed E-state index contributed by atoms with van der Waals surface area (Å²) in [4.78, 5) is 0. The second kappa shape index (κ2) is 5.71. The first-order chi connectivity index (χ1) is 9.10. The molecule has 1 heterocycles. The number of hydrogen-bond acceptors (Lipinski definition) is 5. The van der Waals surface area contributed by atoms with Gasteiger partial charge in [-0.15, -0.1) is 5.10 Å². The predicted octanol–water partition coefficient (Wildman–Crippen LogP) is 1.42. The minimum absolute atomic E-state index is 0.0389. The number of hydrogen-bond donors (Lipinski definition) is 1. The molecule has 1 atom stereocenters. The van der Waals surface area contributed by atoms with Crippen molar-refractivity contribution in [3.8, 4) is 11.5 Å². The van der Waals surface area contributed by atoms with Crippen molar-refractivity contribution in [2.75, 3.05) is 7.11 Å². The molecule has 0 fully saturated rings. The van der Waals surface area contributed by atoms with Gasteiger partial charge in [0.05, 0.1) is 13.3 Å². The van der Waals surface area contributed by atoms with Crippen molar-refractivity contribution in [1.29, 1.82) is 0 Å². The number of rotatable bonds is 5. The van der Waals surface area contributed by atoms with Crippen LogP contribution in [0.25, 0.3) is 0 Å². The summed E-state index contributed by atoms with van der Waals surface area (Å²) in [6.45, 7) is 2.27. The summed E-state index contributed by atoms with van der Waals surface area (Å²) in [5, 5.41) is 7.81. The van der Waals surface area contributed by atoms with Crippen LogP contribution in [0.4, 0.5) is 0 Å². The molecule has 0 saturated heterocycles. The van der Waals surface area contributed by atoms with Gasteiger partial charge in [0.2, 0.25) is 0 Å². The Balaban J connectivity index is 2.11. The number of methoxy groups -OCH3 is 1. The highest BCUT2D eigenvalue weighted by Crippen LogP contribution is 2.30. The normalized spacial score (nSPS) is 12.2. The van der Waals surface area contributed by atoms with Gasteiger partial charge in [-0.1, -0.05) is 11.3 Å². The van der Waals surface area contributed by atoms with E-state index < -0.39 is 0 Å². The number of nitrogens with zero attached hydrogens (tertiary/aromatic N) is 3. The number of nitrogens with two attached hydrogens (primary N) is 1. The van der Waals surface area contributed by atoms with Crippen molar-refractivity contribution >= 4 is 0 Å². The first-order valence-electron chi connectivity index (χ1n) is 6.01. The van der Waals surface area contributed by atoms with E-state index in [1.165, 1.54) is 0 Å². The molecule has 0 aliphatic carbocycles. The summed E-state index contributed by atoms with van der Waals surface area (Å²) in [5.74, 6) is 1.33. The molecule has 1 aromatic carbocycles. The molecule has 0 aliphatic heterocycles. The molecule has 0 unspecified atom stereocenters. The van der Waals surface area contributed by atoms with Crippen LogP contribution in [-0.4, -0.2) is 22.1 Å². The maximum atomic E-state index is 5.84. The predicted molar refractivity (Wildman–Crippen MR) is 70.9 cm³/mol. The third kappa shape index (κ3) is 3.23. The first-order valence-corrected chi connectivity index (χ1v) is 6.01. The first kappa shape index (κ1) is 13.4. The van der Waals surface area contributed by atoms with Gasteiger partial charge >= 0.3 is 0 Å². The lowest BCUT2D eigenvalue weighted by Crippen LogP contribution is -2.05. The SMILES string of the molecule is COc1cc([C@@H](C)N)ccc1OCc1cn(C)nn1. The van der Waals surface area contributed by atoms with Crippen LogP contribution >= 0.6 is 0 Å². The van der Waals surface area contributed by atoms with Gasteiger partial charge < -0.3 is 15.2 Å². The minimum atomic E-state index is -0.0389. The number of aryl methyl sites for hydroxylation is 1. The lowest BCUT2D eigenvalue weighted by atomic mass is 10.1. The van der Waals surface area contributed by atoms with E-state index in [0.717, 1.165) is 11.3 Å². The van der Waals surface area contributed by atoms with Crippen molar-refractivity contribution in [1.82, 2.24) is 15.0 Å². The van der Waals surface area contributed by atoms with Crippen LogP contribution in [0.3, 0.4) is 0 Å². The molecular weight excluding hydrogens is 244 g/mol. The van der Waals surface area contributed by atoms with Crippen LogP contribution in [-0.2, 0) is 13.7 Å². The Hall–Kier alpha value is -2.08. The monoisotopic (exact) mass is 262 g/mol. The number of ether oxygens (including phenoxy) is 2. The molecule has 6 nitrogen and oxygen atoms in total. The number of benzene rings is 1. The van der Waals surface area contributed by atoms with Gasteiger partial charge in [-0.2, -0.15) is 0 Å². The van der Waals surface area contributed by atoms with Crippen LogP contribution in [0, 0.1) is 0 Å². The molecule has 0 amide bonds. The van der Waals surface area contributed by atoms with Crippen LogP contribution in [0.15, 0.2) is 24.4 Å². The standard InChI is InChI=1S/C13H18N4O2/c1-9(14)10-4-5-12(13(6-10)18-3)19-8-11-7-17(2)16-15-11/h4-7,9H,8,14H2,1-3H3/t9-/m1/s1. The Morgan fingerprint density at radius 1 is 1.37 bits per heavy atom. The van der Waals surface area contributed by atoms with Gasteiger partial charge in [0.1, 0.15) is 12.3 Å². The van der Waals surface area contributed by atoms with E-state index in [-0.39, 0.29) is 6.04 Å². The third-order valence-corrected chi connectivity index (χ3v) is 2.74. The molecule has 0 radical (unpaired) electrons. The topological polar surface area (TPSA) is 75.2 Å². The lowest BCUT2D eigenvalue weighted by Gasteiger charge is -2.12. The quantitative estimate of drug-likeness (QED) is 0.882.